The van der Waals surface area contributed by atoms with E-state index in [1.165, 1.54) is 0 Å². The molecule has 108 valence electrons. The van der Waals surface area contributed by atoms with Gasteiger partial charge in [0, 0.05) is 6.26 Å². The zero-order chi connectivity index (χ0) is 14.8. The van der Waals surface area contributed by atoms with Crippen molar-refractivity contribution >= 4 is 21.7 Å². The van der Waals surface area contributed by atoms with Crippen molar-refractivity contribution in [1.82, 2.24) is 10.6 Å². The largest absolute Gasteiger partial charge is 0.484 e. The summed E-state index contributed by atoms with van der Waals surface area (Å²) in [7, 11) is -3.45. The number of sulfone groups is 1. The van der Waals surface area contributed by atoms with Gasteiger partial charge in [-0.15, -0.1) is 0 Å². The number of carbonyl (C=O) groups excluding carboxylic acids is 2. The van der Waals surface area contributed by atoms with Crippen molar-refractivity contribution < 1.29 is 22.7 Å². The minimum atomic E-state index is -3.45. The molecule has 1 aromatic rings. The van der Waals surface area contributed by atoms with Gasteiger partial charge in [-0.05, 0) is 12.1 Å². The second-order valence-electron chi connectivity index (χ2n) is 4.41. The fourth-order valence-corrected chi connectivity index (χ4v) is 2.75. The smallest absolute Gasteiger partial charge is 0.258 e. The van der Waals surface area contributed by atoms with E-state index in [0.717, 1.165) is 6.26 Å². The lowest BCUT2D eigenvalue weighted by atomic mass is 10.1. The molecule has 2 amide bonds. The van der Waals surface area contributed by atoms with Crippen LogP contribution in [0, 0.1) is 0 Å². The van der Waals surface area contributed by atoms with E-state index in [9.17, 15) is 18.0 Å². The summed E-state index contributed by atoms with van der Waals surface area (Å²) in [6.45, 7) is -0.287. The van der Waals surface area contributed by atoms with Gasteiger partial charge in [0.25, 0.3) is 5.91 Å². The molecule has 0 radical (unpaired) electrons. The topological polar surface area (TPSA) is 102 Å². The fourth-order valence-electron chi connectivity index (χ4n) is 1.73. The van der Waals surface area contributed by atoms with Gasteiger partial charge < -0.3 is 15.4 Å². The quantitative estimate of drug-likeness (QED) is 0.683. The SMILES string of the molecule is CS(=O)(=O)[C@H]1NC(=O)[C@H]1NC(=O)COc1ccccc1. The Balaban J connectivity index is 1.87. The molecule has 2 N–H and O–H groups in total. The molecule has 1 saturated heterocycles. The highest BCUT2D eigenvalue weighted by Crippen LogP contribution is 2.12. The van der Waals surface area contributed by atoms with Crippen LogP contribution in [0.3, 0.4) is 0 Å². The number of para-hydroxylation sites is 1. The van der Waals surface area contributed by atoms with Crippen LogP contribution < -0.4 is 15.4 Å². The summed E-state index contributed by atoms with van der Waals surface area (Å²) in [5, 5.41) is 3.49. The molecule has 20 heavy (non-hydrogen) atoms. The maximum atomic E-state index is 11.6. The third kappa shape index (κ3) is 3.27. The molecule has 1 aliphatic rings. The first-order valence-corrected chi connectivity index (χ1v) is 7.80. The van der Waals surface area contributed by atoms with Crippen LogP contribution in [0.2, 0.25) is 0 Å². The van der Waals surface area contributed by atoms with Gasteiger partial charge in [-0.1, -0.05) is 18.2 Å². The summed E-state index contributed by atoms with van der Waals surface area (Å²) < 4.78 is 27.9. The average molecular weight is 298 g/mol. The summed E-state index contributed by atoms with van der Waals surface area (Å²) in [6, 6.07) is 7.63. The van der Waals surface area contributed by atoms with Crippen LogP contribution in [-0.4, -0.2) is 44.5 Å². The second-order valence-corrected chi connectivity index (χ2v) is 6.57. The number of ether oxygens (including phenoxy) is 1. The van der Waals surface area contributed by atoms with Gasteiger partial charge in [-0.3, -0.25) is 9.59 Å². The molecular formula is C12H14N2O5S. The lowest BCUT2D eigenvalue weighted by Gasteiger charge is -2.35. The van der Waals surface area contributed by atoms with E-state index in [1.807, 2.05) is 6.07 Å². The Morgan fingerprint density at radius 1 is 1.35 bits per heavy atom. The van der Waals surface area contributed by atoms with E-state index < -0.39 is 33.1 Å². The fraction of sp³-hybridized carbons (Fsp3) is 0.333. The highest BCUT2D eigenvalue weighted by molar-refractivity contribution is 7.91. The highest BCUT2D eigenvalue weighted by Gasteiger charge is 2.46. The van der Waals surface area contributed by atoms with Gasteiger partial charge in [-0.25, -0.2) is 8.42 Å². The van der Waals surface area contributed by atoms with E-state index in [0.29, 0.717) is 5.75 Å². The molecule has 8 heteroatoms. The van der Waals surface area contributed by atoms with Crippen LogP contribution in [0.25, 0.3) is 0 Å². The molecule has 1 aromatic carbocycles. The Kier molecular flexibility index (Phi) is 3.93. The van der Waals surface area contributed by atoms with Crippen LogP contribution in [-0.2, 0) is 19.4 Å². The van der Waals surface area contributed by atoms with Crippen molar-refractivity contribution in [2.75, 3.05) is 12.9 Å². The molecular weight excluding hydrogens is 284 g/mol. The van der Waals surface area contributed by atoms with Crippen molar-refractivity contribution in [2.45, 2.75) is 11.4 Å². The summed E-state index contributed by atoms with van der Waals surface area (Å²) in [5.74, 6) is -0.559. The number of carbonyl (C=O) groups is 2. The molecule has 0 saturated carbocycles. The zero-order valence-electron chi connectivity index (χ0n) is 10.7. The van der Waals surface area contributed by atoms with Gasteiger partial charge in [-0.2, -0.15) is 0 Å². The third-order valence-electron chi connectivity index (χ3n) is 2.76. The molecule has 7 nitrogen and oxygen atoms in total. The third-order valence-corrected chi connectivity index (χ3v) is 4.07. The van der Waals surface area contributed by atoms with Crippen molar-refractivity contribution in [3.8, 4) is 5.75 Å². The standard InChI is InChI=1S/C12H14N2O5S/c1-20(17,18)12-10(11(16)14-12)13-9(15)7-19-8-5-3-2-4-6-8/h2-6,10,12H,7H2,1H3,(H,13,15)(H,14,16)/t10-,12-/m1/s1. The van der Waals surface area contributed by atoms with Gasteiger partial charge in [0.15, 0.2) is 21.8 Å². The molecule has 2 rings (SSSR count). The first-order chi connectivity index (χ1) is 9.38. The van der Waals surface area contributed by atoms with Crippen LogP contribution >= 0.6 is 0 Å². The van der Waals surface area contributed by atoms with E-state index >= 15 is 0 Å². The Morgan fingerprint density at radius 3 is 2.55 bits per heavy atom. The second kappa shape index (κ2) is 5.49. The van der Waals surface area contributed by atoms with E-state index in [4.69, 9.17) is 4.74 Å². The molecule has 0 aliphatic carbocycles. The number of amides is 2. The minimum absolute atomic E-state index is 0.287. The lowest BCUT2D eigenvalue weighted by Crippen LogP contribution is -2.71. The first-order valence-electron chi connectivity index (χ1n) is 5.84. The number of hydrogen-bond donors (Lipinski definition) is 2. The van der Waals surface area contributed by atoms with Gasteiger partial charge in [0.1, 0.15) is 11.8 Å². The molecule has 1 heterocycles. The Morgan fingerprint density at radius 2 is 2.00 bits per heavy atom. The van der Waals surface area contributed by atoms with E-state index in [2.05, 4.69) is 10.6 Å². The van der Waals surface area contributed by atoms with Crippen molar-refractivity contribution in [3.63, 3.8) is 0 Å². The lowest BCUT2D eigenvalue weighted by molar-refractivity contribution is -0.135. The van der Waals surface area contributed by atoms with Crippen LogP contribution in [0.4, 0.5) is 0 Å². The summed E-state index contributed by atoms with van der Waals surface area (Å²) >= 11 is 0. The normalized spacial score (nSPS) is 21.6. The monoisotopic (exact) mass is 298 g/mol. The van der Waals surface area contributed by atoms with Crippen LogP contribution in [0.1, 0.15) is 0 Å². The molecule has 0 bridgehead atoms. The number of benzene rings is 1. The summed E-state index contributed by atoms with van der Waals surface area (Å²) in [5.41, 5.74) is 0. The minimum Gasteiger partial charge on any atom is -0.484 e. The summed E-state index contributed by atoms with van der Waals surface area (Å²) in [4.78, 5) is 22.9. The Labute approximate surface area is 116 Å². The average Bonchev–Trinajstić information content (AvgIpc) is 2.40. The van der Waals surface area contributed by atoms with E-state index in [1.54, 1.807) is 24.3 Å². The van der Waals surface area contributed by atoms with Crippen molar-refractivity contribution in [2.24, 2.45) is 0 Å². The van der Waals surface area contributed by atoms with Crippen LogP contribution in [0.15, 0.2) is 30.3 Å². The molecule has 0 aromatic heterocycles. The number of hydrogen-bond acceptors (Lipinski definition) is 5. The van der Waals surface area contributed by atoms with Crippen molar-refractivity contribution in [1.29, 1.82) is 0 Å². The summed E-state index contributed by atoms with van der Waals surface area (Å²) in [6.07, 6.45) is 0.997. The van der Waals surface area contributed by atoms with Crippen molar-refractivity contribution in [3.05, 3.63) is 30.3 Å². The number of rotatable bonds is 5. The van der Waals surface area contributed by atoms with Gasteiger partial charge >= 0.3 is 0 Å². The molecule has 0 unspecified atom stereocenters. The first kappa shape index (κ1) is 14.3. The Bertz CT molecular complexity index is 614. The predicted octanol–water partition coefficient (Wildman–Crippen LogP) is -0.949. The number of β-lactam (4-membered cyclic amide) rings is 1. The Hall–Kier alpha value is -2.09. The molecule has 1 aliphatic heterocycles. The maximum absolute atomic E-state index is 11.6. The molecule has 2 atom stereocenters. The van der Waals surface area contributed by atoms with Gasteiger partial charge in [0.05, 0.1) is 0 Å². The zero-order valence-corrected chi connectivity index (χ0v) is 11.5. The van der Waals surface area contributed by atoms with E-state index in [-0.39, 0.29) is 6.61 Å². The van der Waals surface area contributed by atoms with Gasteiger partial charge in [0.2, 0.25) is 5.91 Å². The molecule has 1 fully saturated rings. The number of nitrogens with one attached hydrogen (secondary N) is 2. The van der Waals surface area contributed by atoms with Crippen LogP contribution in [0.5, 0.6) is 5.75 Å². The predicted molar refractivity (Wildman–Crippen MR) is 70.6 cm³/mol. The molecule has 0 spiro atoms. The highest BCUT2D eigenvalue weighted by atomic mass is 32.2. The maximum Gasteiger partial charge on any atom is 0.258 e.